The van der Waals surface area contributed by atoms with Gasteiger partial charge in [0.25, 0.3) is 0 Å². The van der Waals surface area contributed by atoms with Crippen LogP contribution in [-0.2, 0) is 0 Å². The van der Waals surface area contributed by atoms with Gasteiger partial charge in [-0.3, -0.25) is 4.79 Å². The maximum Gasteiger partial charge on any atom is 0.196 e. The molecule has 0 aliphatic carbocycles. The average molecular weight is 414 g/mol. The smallest absolute Gasteiger partial charge is 0.196 e. The quantitative estimate of drug-likeness (QED) is 0.407. The van der Waals surface area contributed by atoms with Crippen LogP contribution < -0.4 is 0 Å². The number of halogens is 4. The SMILES string of the molecule is Cl.O=C(C(=Cc1ccc(Cl)cc1Cl)c1ncc[nH]1)c1ccc(Cl)cc1. The monoisotopic (exact) mass is 412 g/mol. The number of carbonyl (C=O) groups excluding carboxylic acids is 1. The van der Waals surface area contributed by atoms with Crippen molar-refractivity contribution < 1.29 is 4.79 Å². The van der Waals surface area contributed by atoms with Crippen LogP contribution in [-0.4, -0.2) is 15.8 Å². The van der Waals surface area contributed by atoms with E-state index in [1.807, 2.05) is 0 Å². The van der Waals surface area contributed by atoms with Crippen LogP contribution in [0.4, 0.5) is 0 Å². The summed E-state index contributed by atoms with van der Waals surface area (Å²) >= 11 is 18.0. The molecule has 0 amide bonds. The van der Waals surface area contributed by atoms with E-state index in [0.717, 1.165) is 0 Å². The lowest BCUT2D eigenvalue weighted by Crippen LogP contribution is -2.04. The molecule has 128 valence electrons. The Bertz CT molecular complexity index is 903. The molecule has 0 fully saturated rings. The third-order valence-corrected chi connectivity index (χ3v) is 4.18. The molecule has 2 aromatic carbocycles. The Morgan fingerprint density at radius 2 is 1.68 bits per heavy atom. The highest BCUT2D eigenvalue weighted by Crippen LogP contribution is 2.27. The van der Waals surface area contributed by atoms with Crippen molar-refractivity contribution >= 4 is 64.6 Å². The molecule has 0 saturated carbocycles. The summed E-state index contributed by atoms with van der Waals surface area (Å²) in [6.45, 7) is 0. The van der Waals surface area contributed by atoms with E-state index in [4.69, 9.17) is 34.8 Å². The number of rotatable bonds is 4. The molecular weight excluding hydrogens is 402 g/mol. The van der Waals surface area contributed by atoms with Crippen LogP contribution in [0.2, 0.25) is 15.1 Å². The van der Waals surface area contributed by atoms with Gasteiger partial charge in [-0.05, 0) is 48.0 Å². The third kappa shape index (κ3) is 4.65. The Hall–Kier alpha value is -1.78. The number of nitrogens with one attached hydrogen (secondary N) is 1. The molecule has 0 aliphatic rings. The number of Topliss-reactive ketones (excluding diaryl/α,β-unsaturated/α-hetero) is 1. The highest BCUT2D eigenvalue weighted by atomic mass is 35.5. The van der Waals surface area contributed by atoms with Crippen molar-refractivity contribution in [3.63, 3.8) is 0 Å². The summed E-state index contributed by atoms with van der Waals surface area (Å²) in [6.07, 6.45) is 4.93. The number of carbonyl (C=O) groups is 1. The number of aromatic nitrogens is 2. The molecule has 1 N–H and O–H groups in total. The summed E-state index contributed by atoms with van der Waals surface area (Å²) in [7, 11) is 0. The minimum absolute atomic E-state index is 0. The highest BCUT2D eigenvalue weighted by molar-refractivity contribution is 6.37. The van der Waals surface area contributed by atoms with Crippen LogP contribution in [0.5, 0.6) is 0 Å². The predicted molar refractivity (Wildman–Crippen MR) is 106 cm³/mol. The predicted octanol–water partition coefficient (Wildman–Crippen LogP) is 6.22. The third-order valence-electron chi connectivity index (χ3n) is 3.37. The van der Waals surface area contributed by atoms with E-state index in [0.29, 0.717) is 37.6 Å². The number of H-pyrrole nitrogens is 1. The maximum absolute atomic E-state index is 12.9. The summed E-state index contributed by atoms with van der Waals surface area (Å²) in [4.78, 5) is 20.0. The molecule has 0 saturated heterocycles. The number of allylic oxidation sites excluding steroid dienone is 1. The van der Waals surface area contributed by atoms with E-state index in [1.54, 1.807) is 60.9 Å². The highest BCUT2D eigenvalue weighted by Gasteiger charge is 2.17. The zero-order chi connectivity index (χ0) is 17.1. The molecule has 3 rings (SSSR count). The first-order chi connectivity index (χ1) is 11.5. The second-order valence-corrected chi connectivity index (χ2v) is 6.28. The normalized spacial score (nSPS) is 11.1. The fraction of sp³-hybridized carbons (Fsp3) is 0. The van der Waals surface area contributed by atoms with Crippen molar-refractivity contribution in [3.8, 4) is 0 Å². The number of ketones is 1. The summed E-state index contributed by atoms with van der Waals surface area (Å²) < 4.78 is 0. The van der Waals surface area contributed by atoms with E-state index >= 15 is 0 Å². The summed E-state index contributed by atoms with van der Waals surface area (Å²) in [5.74, 6) is 0.272. The van der Waals surface area contributed by atoms with E-state index < -0.39 is 0 Å². The second-order valence-electron chi connectivity index (χ2n) is 5.00. The Labute approximate surface area is 166 Å². The number of hydrogen-bond donors (Lipinski definition) is 1. The van der Waals surface area contributed by atoms with Crippen molar-refractivity contribution in [3.05, 3.63) is 86.9 Å². The Balaban J connectivity index is 0.00000225. The van der Waals surface area contributed by atoms with Gasteiger partial charge < -0.3 is 4.98 Å². The van der Waals surface area contributed by atoms with Gasteiger partial charge in [-0.15, -0.1) is 12.4 Å². The Morgan fingerprint density at radius 3 is 2.28 bits per heavy atom. The standard InChI is InChI=1S/C18H11Cl3N2O.ClH/c19-13-4-1-11(2-5-13)17(24)15(18-22-7-8-23-18)9-12-3-6-14(20)10-16(12)21;/h1-10H,(H,22,23);1H. The first kappa shape index (κ1) is 19.5. The van der Waals surface area contributed by atoms with Crippen LogP contribution in [0.15, 0.2) is 54.9 Å². The van der Waals surface area contributed by atoms with Gasteiger partial charge in [0.15, 0.2) is 5.78 Å². The number of aromatic amines is 1. The average Bonchev–Trinajstić information content (AvgIpc) is 3.08. The topological polar surface area (TPSA) is 45.8 Å². The molecule has 7 heteroatoms. The lowest BCUT2D eigenvalue weighted by molar-refractivity contribution is 0.105. The lowest BCUT2D eigenvalue weighted by atomic mass is 10.0. The summed E-state index contributed by atoms with van der Waals surface area (Å²) in [6, 6.07) is 11.8. The molecule has 0 aliphatic heterocycles. The van der Waals surface area contributed by atoms with Gasteiger partial charge in [-0.25, -0.2) is 4.98 Å². The fourth-order valence-electron chi connectivity index (χ4n) is 2.18. The lowest BCUT2D eigenvalue weighted by Gasteiger charge is -2.06. The van der Waals surface area contributed by atoms with E-state index in [1.165, 1.54) is 0 Å². The minimum atomic E-state index is -0.187. The molecule has 0 unspecified atom stereocenters. The molecule has 1 aromatic heterocycles. The molecule has 0 spiro atoms. The van der Waals surface area contributed by atoms with Crippen LogP contribution >= 0.6 is 47.2 Å². The summed E-state index contributed by atoms with van der Waals surface area (Å²) in [5, 5.41) is 1.55. The minimum Gasteiger partial charge on any atom is -0.345 e. The Morgan fingerprint density at radius 1 is 1.00 bits per heavy atom. The van der Waals surface area contributed by atoms with E-state index in [9.17, 15) is 4.79 Å². The van der Waals surface area contributed by atoms with Gasteiger partial charge in [0.05, 0.1) is 5.57 Å². The molecule has 0 radical (unpaired) electrons. The first-order valence-electron chi connectivity index (χ1n) is 7.01. The molecule has 3 nitrogen and oxygen atoms in total. The first-order valence-corrected chi connectivity index (χ1v) is 8.15. The van der Waals surface area contributed by atoms with Crippen LogP contribution in [0.1, 0.15) is 21.7 Å². The summed E-state index contributed by atoms with van der Waals surface area (Å²) in [5.41, 5.74) is 1.58. The van der Waals surface area contributed by atoms with Gasteiger partial charge in [0.1, 0.15) is 5.82 Å². The van der Waals surface area contributed by atoms with Gasteiger partial charge in [-0.2, -0.15) is 0 Å². The van der Waals surface area contributed by atoms with E-state index in [-0.39, 0.29) is 18.2 Å². The van der Waals surface area contributed by atoms with Gasteiger partial charge in [0, 0.05) is 33.0 Å². The number of hydrogen-bond acceptors (Lipinski definition) is 2. The molecule has 25 heavy (non-hydrogen) atoms. The number of benzene rings is 2. The fourth-order valence-corrected chi connectivity index (χ4v) is 2.77. The molecule has 3 aromatic rings. The van der Waals surface area contributed by atoms with Gasteiger partial charge in [-0.1, -0.05) is 40.9 Å². The van der Waals surface area contributed by atoms with Crippen LogP contribution in [0.3, 0.4) is 0 Å². The Kier molecular flexibility index (Phi) is 6.68. The van der Waals surface area contributed by atoms with Crippen molar-refractivity contribution in [1.82, 2.24) is 9.97 Å². The van der Waals surface area contributed by atoms with Crippen LogP contribution in [0.25, 0.3) is 11.6 Å². The van der Waals surface area contributed by atoms with Crippen molar-refractivity contribution in [1.29, 1.82) is 0 Å². The molecular formula is C18H12Cl4N2O. The van der Waals surface area contributed by atoms with Crippen molar-refractivity contribution in [2.24, 2.45) is 0 Å². The molecule has 1 heterocycles. The molecule has 0 atom stereocenters. The van der Waals surface area contributed by atoms with Gasteiger partial charge in [0.2, 0.25) is 0 Å². The number of nitrogens with zero attached hydrogens (tertiary/aromatic N) is 1. The van der Waals surface area contributed by atoms with Crippen molar-refractivity contribution in [2.45, 2.75) is 0 Å². The maximum atomic E-state index is 12.9. The number of imidazole rings is 1. The zero-order valence-corrected chi connectivity index (χ0v) is 15.8. The van der Waals surface area contributed by atoms with Crippen molar-refractivity contribution in [2.75, 3.05) is 0 Å². The second kappa shape index (κ2) is 8.54. The van der Waals surface area contributed by atoms with Crippen LogP contribution in [0, 0.1) is 0 Å². The van der Waals surface area contributed by atoms with E-state index in [2.05, 4.69) is 9.97 Å². The zero-order valence-electron chi connectivity index (χ0n) is 12.7. The molecule has 0 bridgehead atoms. The largest absolute Gasteiger partial charge is 0.345 e. The van der Waals surface area contributed by atoms with Gasteiger partial charge >= 0.3 is 0 Å².